The molecule has 3 aromatic carbocycles. The summed E-state index contributed by atoms with van der Waals surface area (Å²) in [5.74, 6) is -0.369. The van der Waals surface area contributed by atoms with Gasteiger partial charge in [-0.2, -0.15) is 0 Å². The topological polar surface area (TPSA) is 133 Å². The van der Waals surface area contributed by atoms with Crippen molar-refractivity contribution in [2.45, 2.75) is 58.3 Å². The van der Waals surface area contributed by atoms with Gasteiger partial charge in [-0.05, 0) is 88.4 Å². The number of likely N-dealkylation sites (N-methyl/N-ethyl adjacent to an activating group) is 2. The Balaban J connectivity index is 1.07. The molecule has 0 radical (unpaired) electrons. The maximum absolute atomic E-state index is 13.1. The van der Waals surface area contributed by atoms with Gasteiger partial charge in [0, 0.05) is 80.5 Å². The van der Waals surface area contributed by atoms with Crippen LogP contribution in [0, 0.1) is 0 Å². The van der Waals surface area contributed by atoms with Crippen molar-refractivity contribution in [3.8, 4) is 5.88 Å². The number of carbonyl (C=O) groups excluding carboxylic acids is 3. The SMILES string of the molecule is CC/C=C\C/C=C\C/C=C\C/C=C\C/C=C\CCCC(=O)NCCNC(=O)c1ccc2c(C(=Nc3ccc(N(C)C(=O)CN4CCN(C)CC4)cc3)c3ccccc3)c(O)[nH]c2c1. The number of H-pyrrole nitrogens is 1. The Labute approximate surface area is 373 Å². The zero-order valence-electron chi connectivity index (χ0n) is 37.3. The van der Waals surface area contributed by atoms with Gasteiger partial charge in [-0.25, -0.2) is 4.99 Å². The minimum absolute atomic E-state index is 0.0312. The van der Waals surface area contributed by atoms with Crippen LogP contribution in [0.25, 0.3) is 10.9 Å². The van der Waals surface area contributed by atoms with E-state index in [2.05, 4.69) is 100 Å². The van der Waals surface area contributed by atoms with E-state index in [1.54, 1.807) is 30.1 Å². The van der Waals surface area contributed by atoms with Gasteiger partial charge in [-0.3, -0.25) is 19.3 Å². The number of aromatic hydroxyl groups is 1. The van der Waals surface area contributed by atoms with Crippen LogP contribution in [0.5, 0.6) is 5.88 Å². The van der Waals surface area contributed by atoms with Crippen LogP contribution in [0.1, 0.15) is 79.8 Å². The van der Waals surface area contributed by atoms with Gasteiger partial charge < -0.3 is 30.5 Å². The minimum atomic E-state index is -0.288. The number of nitrogens with one attached hydrogen (secondary N) is 3. The molecule has 1 fully saturated rings. The van der Waals surface area contributed by atoms with Crippen molar-refractivity contribution in [3.05, 3.63) is 150 Å². The highest BCUT2D eigenvalue weighted by Gasteiger charge is 2.21. The molecule has 1 aliphatic heterocycles. The molecule has 2 heterocycles. The molecule has 1 aliphatic rings. The van der Waals surface area contributed by atoms with E-state index in [1.807, 2.05) is 54.6 Å². The number of aliphatic imine (C=N–C) groups is 1. The summed E-state index contributed by atoms with van der Waals surface area (Å²) >= 11 is 0. The Morgan fingerprint density at radius 2 is 1.38 bits per heavy atom. The van der Waals surface area contributed by atoms with Gasteiger partial charge >= 0.3 is 0 Å². The lowest BCUT2D eigenvalue weighted by molar-refractivity contribution is -0.121. The van der Waals surface area contributed by atoms with Gasteiger partial charge in [0.25, 0.3) is 5.91 Å². The number of benzene rings is 3. The molecule has 4 N–H and O–H groups in total. The summed E-state index contributed by atoms with van der Waals surface area (Å²) in [6.07, 6.45) is 28.6. The van der Waals surface area contributed by atoms with Gasteiger partial charge in [0.1, 0.15) is 0 Å². The van der Waals surface area contributed by atoms with E-state index in [-0.39, 0.29) is 30.1 Å². The molecule has 11 nitrogen and oxygen atoms in total. The predicted octanol–water partition coefficient (Wildman–Crippen LogP) is 9.02. The minimum Gasteiger partial charge on any atom is -0.494 e. The molecule has 0 aliphatic carbocycles. The van der Waals surface area contributed by atoms with Crippen molar-refractivity contribution in [2.75, 3.05) is 64.8 Å². The summed E-state index contributed by atoms with van der Waals surface area (Å²) < 4.78 is 0. The van der Waals surface area contributed by atoms with Crippen LogP contribution in [-0.2, 0) is 9.59 Å². The zero-order chi connectivity index (χ0) is 44.7. The highest BCUT2D eigenvalue weighted by molar-refractivity contribution is 6.22. The zero-order valence-corrected chi connectivity index (χ0v) is 37.3. The van der Waals surface area contributed by atoms with Crippen molar-refractivity contribution in [1.82, 2.24) is 25.4 Å². The van der Waals surface area contributed by atoms with Crippen LogP contribution in [0.4, 0.5) is 11.4 Å². The first-order valence-electron chi connectivity index (χ1n) is 22.3. The number of amides is 3. The molecule has 5 rings (SSSR count). The maximum atomic E-state index is 13.1. The fraction of sp³-hybridized carbons (Fsp3) is 0.346. The lowest BCUT2D eigenvalue weighted by Gasteiger charge is -2.32. The third kappa shape index (κ3) is 15.8. The van der Waals surface area contributed by atoms with Crippen molar-refractivity contribution in [1.29, 1.82) is 0 Å². The number of allylic oxidation sites excluding steroid dienone is 10. The summed E-state index contributed by atoms with van der Waals surface area (Å²) in [5.41, 5.74) is 4.28. The first kappa shape index (κ1) is 47.7. The van der Waals surface area contributed by atoms with Gasteiger partial charge in [-0.15, -0.1) is 0 Å². The van der Waals surface area contributed by atoms with Crippen molar-refractivity contribution in [2.24, 2.45) is 4.99 Å². The number of fused-ring (bicyclic) bond motifs is 1. The average Bonchev–Trinajstić information content (AvgIpc) is 3.63. The summed E-state index contributed by atoms with van der Waals surface area (Å²) in [4.78, 5) is 52.8. The quantitative estimate of drug-likeness (QED) is 0.0335. The number of carbonyl (C=O) groups is 3. The number of hydrogen-bond donors (Lipinski definition) is 4. The standard InChI is InChI=1S/C52H65N7O4/c1-4-5-6-7-8-9-10-11-12-13-14-15-16-17-18-19-23-26-47(60)53-33-34-54-51(62)42-27-32-45-46(39-42)56-52(63)49(45)50(41-24-21-20-22-25-41)55-43-28-30-44(31-29-43)58(3)48(61)40-59-37-35-57(2)36-38-59/h5-6,8-9,11-12,14-15,17-18,20-22,24-25,27-32,39,56,63H,4,7,10,13,16,19,23,26,33-38,40H2,1-3H3,(H,53,60)(H,54,62)/b6-5-,9-8-,12-11-,15-14-,18-17-,55-50?. The van der Waals surface area contributed by atoms with Crippen LogP contribution >= 0.6 is 0 Å². The Hall–Kier alpha value is -6.30. The number of anilines is 1. The van der Waals surface area contributed by atoms with E-state index >= 15 is 0 Å². The Morgan fingerprint density at radius 3 is 2.03 bits per heavy atom. The number of rotatable bonds is 23. The molecule has 0 unspecified atom stereocenters. The van der Waals surface area contributed by atoms with Crippen molar-refractivity contribution >= 4 is 45.7 Å². The molecular formula is C52H65N7O4. The molecule has 1 aromatic heterocycles. The highest BCUT2D eigenvalue weighted by Crippen LogP contribution is 2.32. The second kappa shape index (κ2) is 26.2. The molecule has 11 heteroatoms. The van der Waals surface area contributed by atoms with Crippen LogP contribution in [0.2, 0.25) is 0 Å². The molecule has 332 valence electrons. The van der Waals surface area contributed by atoms with Crippen LogP contribution in [-0.4, -0.2) is 103 Å². The number of hydrogen-bond acceptors (Lipinski definition) is 7. The summed E-state index contributed by atoms with van der Waals surface area (Å²) in [5, 5.41) is 17.7. The molecule has 3 amide bonds. The molecule has 1 saturated heterocycles. The first-order valence-corrected chi connectivity index (χ1v) is 22.3. The Morgan fingerprint density at radius 1 is 0.762 bits per heavy atom. The number of piperazine rings is 1. The summed E-state index contributed by atoms with van der Waals surface area (Å²) in [7, 11) is 3.89. The van der Waals surface area contributed by atoms with Gasteiger partial charge in [0.05, 0.1) is 23.5 Å². The smallest absolute Gasteiger partial charge is 0.251 e. The number of aromatic nitrogens is 1. The third-order valence-electron chi connectivity index (χ3n) is 10.8. The molecule has 4 aromatic rings. The molecule has 0 atom stereocenters. The fourth-order valence-electron chi connectivity index (χ4n) is 7.07. The largest absolute Gasteiger partial charge is 0.494 e. The molecular weight excluding hydrogens is 787 g/mol. The molecule has 0 bridgehead atoms. The fourth-order valence-corrected chi connectivity index (χ4v) is 7.07. The number of unbranched alkanes of at least 4 members (excludes halogenated alkanes) is 1. The van der Waals surface area contributed by atoms with E-state index in [9.17, 15) is 19.5 Å². The van der Waals surface area contributed by atoms with E-state index in [0.29, 0.717) is 52.9 Å². The summed E-state index contributed by atoms with van der Waals surface area (Å²) in [6.45, 7) is 6.76. The summed E-state index contributed by atoms with van der Waals surface area (Å²) in [6, 6.07) is 22.3. The second-order valence-electron chi connectivity index (χ2n) is 15.7. The Bertz CT molecular complexity index is 2240. The van der Waals surface area contributed by atoms with Crippen molar-refractivity contribution in [3.63, 3.8) is 0 Å². The predicted molar refractivity (Wildman–Crippen MR) is 259 cm³/mol. The normalized spacial score (nSPS) is 14.3. The third-order valence-corrected chi connectivity index (χ3v) is 10.8. The lowest BCUT2D eigenvalue weighted by Crippen LogP contribution is -2.48. The van der Waals surface area contributed by atoms with Crippen LogP contribution in [0.3, 0.4) is 0 Å². The van der Waals surface area contributed by atoms with Gasteiger partial charge in [0.15, 0.2) is 5.88 Å². The van der Waals surface area contributed by atoms with Gasteiger partial charge in [-0.1, -0.05) is 104 Å². The number of nitrogens with zero attached hydrogens (tertiary/aromatic N) is 4. The molecule has 0 spiro atoms. The lowest BCUT2D eigenvalue weighted by atomic mass is 10.00. The van der Waals surface area contributed by atoms with Gasteiger partial charge in [0.2, 0.25) is 11.8 Å². The number of aromatic amines is 1. The van der Waals surface area contributed by atoms with E-state index < -0.39 is 0 Å². The first-order chi connectivity index (χ1) is 30.7. The maximum Gasteiger partial charge on any atom is 0.251 e. The molecule has 63 heavy (non-hydrogen) atoms. The average molecular weight is 852 g/mol. The van der Waals surface area contributed by atoms with Crippen LogP contribution < -0.4 is 15.5 Å². The monoisotopic (exact) mass is 852 g/mol. The van der Waals surface area contributed by atoms with E-state index in [0.717, 1.165) is 82.4 Å². The van der Waals surface area contributed by atoms with E-state index in [1.165, 1.54) is 0 Å². The van der Waals surface area contributed by atoms with Crippen molar-refractivity contribution < 1.29 is 19.5 Å². The van der Waals surface area contributed by atoms with E-state index in [4.69, 9.17) is 4.99 Å². The Kier molecular flexibility index (Phi) is 19.9. The second-order valence-corrected chi connectivity index (χ2v) is 15.7. The highest BCUT2D eigenvalue weighted by atomic mass is 16.3. The molecule has 0 saturated carbocycles. The van der Waals surface area contributed by atoms with Crippen LogP contribution in [0.15, 0.2) is 139 Å².